The summed E-state index contributed by atoms with van der Waals surface area (Å²) in [7, 11) is 3.86. The number of aromatic nitrogens is 1. The van der Waals surface area contributed by atoms with Crippen molar-refractivity contribution in [2.45, 2.75) is 6.42 Å². The summed E-state index contributed by atoms with van der Waals surface area (Å²) in [6, 6.07) is 7.77. The highest BCUT2D eigenvalue weighted by atomic mass is 32.1. The van der Waals surface area contributed by atoms with Crippen LogP contribution in [0.15, 0.2) is 30.3 Å². The van der Waals surface area contributed by atoms with Crippen molar-refractivity contribution < 1.29 is 14.0 Å². The molecule has 2 amide bonds. The van der Waals surface area contributed by atoms with E-state index in [4.69, 9.17) is 0 Å². The topological polar surface area (TPSA) is 74.3 Å². The highest BCUT2D eigenvalue weighted by Gasteiger charge is 2.14. The monoisotopic (exact) mass is 406 g/mol. The number of amides is 2. The fourth-order valence-corrected chi connectivity index (χ4v) is 4.44. The highest BCUT2D eigenvalue weighted by molar-refractivity contribution is 7.29. The van der Waals surface area contributed by atoms with Gasteiger partial charge in [-0.25, -0.2) is 9.37 Å². The van der Waals surface area contributed by atoms with Crippen LogP contribution >= 0.6 is 22.7 Å². The van der Waals surface area contributed by atoms with E-state index in [1.54, 1.807) is 12.1 Å². The van der Waals surface area contributed by atoms with Crippen LogP contribution in [0.1, 0.15) is 15.2 Å². The van der Waals surface area contributed by atoms with E-state index in [-0.39, 0.29) is 24.1 Å². The summed E-state index contributed by atoms with van der Waals surface area (Å²) in [5, 5.41) is 6.40. The van der Waals surface area contributed by atoms with Gasteiger partial charge >= 0.3 is 0 Å². The summed E-state index contributed by atoms with van der Waals surface area (Å²) >= 11 is 2.89. The molecule has 0 aliphatic carbocycles. The largest absolute Gasteiger partial charge is 0.354 e. The number of thiophene rings is 1. The van der Waals surface area contributed by atoms with Gasteiger partial charge in [0.1, 0.15) is 10.6 Å². The number of carbonyl (C=O) groups is 2. The molecular weight excluding hydrogens is 387 g/mol. The smallest absolute Gasteiger partial charge is 0.261 e. The van der Waals surface area contributed by atoms with Crippen molar-refractivity contribution in [1.29, 1.82) is 0 Å². The molecule has 0 spiro atoms. The SMILES string of the molecule is CN(C)c1nc2sc(C(=O)NCCNC(=O)Cc3cccc(F)c3)cc2s1. The van der Waals surface area contributed by atoms with E-state index in [0.29, 0.717) is 23.5 Å². The third kappa shape index (κ3) is 5.01. The molecule has 2 heterocycles. The van der Waals surface area contributed by atoms with Crippen molar-refractivity contribution in [3.05, 3.63) is 46.6 Å². The molecule has 6 nitrogen and oxygen atoms in total. The Labute approximate surface area is 164 Å². The first-order valence-corrected chi connectivity index (χ1v) is 9.92. The number of nitrogens with one attached hydrogen (secondary N) is 2. The molecule has 0 unspecified atom stereocenters. The molecular formula is C18H19FN4O2S2. The van der Waals surface area contributed by atoms with E-state index < -0.39 is 0 Å². The normalized spacial score (nSPS) is 10.8. The van der Waals surface area contributed by atoms with Crippen molar-refractivity contribution in [2.75, 3.05) is 32.1 Å². The van der Waals surface area contributed by atoms with Crippen molar-refractivity contribution in [3.8, 4) is 0 Å². The lowest BCUT2D eigenvalue weighted by atomic mass is 10.1. The maximum absolute atomic E-state index is 13.1. The Kier molecular flexibility index (Phi) is 6.02. The van der Waals surface area contributed by atoms with Gasteiger partial charge in [0.2, 0.25) is 5.91 Å². The minimum Gasteiger partial charge on any atom is -0.354 e. The summed E-state index contributed by atoms with van der Waals surface area (Å²) in [4.78, 5) is 31.9. The highest BCUT2D eigenvalue weighted by Crippen LogP contribution is 2.33. The second-order valence-corrected chi connectivity index (χ2v) is 8.12. The van der Waals surface area contributed by atoms with Gasteiger partial charge in [0, 0.05) is 27.2 Å². The van der Waals surface area contributed by atoms with Gasteiger partial charge in [0.15, 0.2) is 5.13 Å². The van der Waals surface area contributed by atoms with E-state index in [1.807, 2.05) is 25.1 Å². The number of carbonyl (C=O) groups excluding carboxylic acids is 2. The van der Waals surface area contributed by atoms with E-state index in [0.717, 1.165) is 14.7 Å². The summed E-state index contributed by atoms with van der Waals surface area (Å²) in [5.41, 5.74) is 0.611. The number of rotatable bonds is 7. The first-order chi connectivity index (χ1) is 12.9. The predicted octanol–water partition coefficient (Wildman–Crippen LogP) is 2.65. The standard InChI is InChI=1S/C18H19FN4O2S2/c1-23(2)18-22-17-14(27-18)10-13(26-17)16(25)21-7-6-20-15(24)9-11-4-3-5-12(19)8-11/h3-5,8,10H,6-7,9H2,1-2H3,(H,20,24)(H,21,25). The van der Waals surface area contributed by atoms with Gasteiger partial charge in [0.25, 0.3) is 5.91 Å². The number of halogens is 1. The molecule has 1 aromatic carbocycles. The Morgan fingerprint density at radius 3 is 2.63 bits per heavy atom. The molecule has 0 atom stereocenters. The molecule has 27 heavy (non-hydrogen) atoms. The van der Waals surface area contributed by atoms with Crippen LogP contribution in [-0.2, 0) is 11.2 Å². The van der Waals surface area contributed by atoms with Gasteiger partial charge in [-0.2, -0.15) is 0 Å². The van der Waals surface area contributed by atoms with Crippen LogP contribution in [0.3, 0.4) is 0 Å². The molecule has 0 bridgehead atoms. The lowest BCUT2D eigenvalue weighted by molar-refractivity contribution is -0.120. The summed E-state index contributed by atoms with van der Waals surface area (Å²) in [6.45, 7) is 0.623. The van der Waals surface area contributed by atoms with Crippen LogP contribution in [0.5, 0.6) is 0 Å². The predicted molar refractivity (Wildman–Crippen MR) is 107 cm³/mol. The maximum atomic E-state index is 13.1. The molecule has 0 fully saturated rings. The Morgan fingerprint density at radius 2 is 1.93 bits per heavy atom. The molecule has 0 radical (unpaired) electrons. The average molecular weight is 407 g/mol. The molecule has 0 saturated carbocycles. The average Bonchev–Trinajstić information content (AvgIpc) is 3.17. The zero-order chi connectivity index (χ0) is 19.4. The molecule has 3 rings (SSSR count). The van der Waals surface area contributed by atoms with E-state index in [2.05, 4.69) is 15.6 Å². The fourth-order valence-electron chi connectivity index (χ4n) is 2.39. The molecule has 142 valence electrons. The van der Waals surface area contributed by atoms with Crippen LogP contribution in [0.25, 0.3) is 9.53 Å². The number of hydrogen-bond acceptors (Lipinski definition) is 6. The number of hydrogen-bond donors (Lipinski definition) is 2. The molecule has 0 aliphatic heterocycles. The Balaban J connectivity index is 1.44. The van der Waals surface area contributed by atoms with Crippen molar-refractivity contribution in [2.24, 2.45) is 0 Å². The van der Waals surface area contributed by atoms with E-state index in [9.17, 15) is 14.0 Å². The second-order valence-electron chi connectivity index (χ2n) is 6.08. The van der Waals surface area contributed by atoms with Crippen molar-refractivity contribution >= 4 is 49.1 Å². The maximum Gasteiger partial charge on any atom is 0.261 e. The van der Waals surface area contributed by atoms with Crippen molar-refractivity contribution in [1.82, 2.24) is 15.6 Å². The van der Waals surface area contributed by atoms with Gasteiger partial charge in [-0.3, -0.25) is 9.59 Å². The van der Waals surface area contributed by atoms with Gasteiger partial charge in [-0.1, -0.05) is 23.5 Å². The minimum atomic E-state index is -0.365. The van der Waals surface area contributed by atoms with Crippen LogP contribution in [0.2, 0.25) is 0 Å². The third-order valence-electron chi connectivity index (χ3n) is 3.67. The zero-order valence-corrected chi connectivity index (χ0v) is 16.5. The van der Waals surface area contributed by atoms with Crippen LogP contribution < -0.4 is 15.5 Å². The molecule has 0 aliphatic rings. The summed E-state index contributed by atoms with van der Waals surface area (Å²) in [5.74, 6) is -0.765. The molecule has 3 aromatic rings. The van der Waals surface area contributed by atoms with Crippen LogP contribution in [0.4, 0.5) is 9.52 Å². The van der Waals surface area contributed by atoms with Crippen molar-refractivity contribution in [3.63, 3.8) is 0 Å². The first-order valence-electron chi connectivity index (χ1n) is 8.29. The molecule has 2 N–H and O–H groups in total. The Morgan fingerprint density at radius 1 is 1.15 bits per heavy atom. The Hall–Kier alpha value is -2.52. The zero-order valence-electron chi connectivity index (χ0n) is 14.9. The summed E-state index contributed by atoms with van der Waals surface area (Å²) < 4.78 is 14.1. The lowest BCUT2D eigenvalue weighted by Crippen LogP contribution is -2.35. The first kappa shape index (κ1) is 19.2. The molecule has 9 heteroatoms. The van der Waals surface area contributed by atoms with Gasteiger partial charge < -0.3 is 15.5 Å². The number of nitrogens with zero attached hydrogens (tertiary/aromatic N) is 2. The summed E-state index contributed by atoms with van der Waals surface area (Å²) in [6.07, 6.45) is 0.104. The Bertz CT molecular complexity index is 936. The molecule has 0 saturated heterocycles. The number of thiazole rings is 1. The lowest BCUT2D eigenvalue weighted by Gasteiger charge is -2.07. The number of benzene rings is 1. The van der Waals surface area contributed by atoms with E-state index in [1.165, 1.54) is 34.8 Å². The number of anilines is 1. The second kappa shape index (κ2) is 8.45. The minimum absolute atomic E-state index is 0.104. The van der Waals surface area contributed by atoms with Crippen LogP contribution in [0, 0.1) is 5.82 Å². The van der Waals surface area contributed by atoms with Gasteiger partial charge in [-0.05, 0) is 23.8 Å². The molecule has 2 aromatic heterocycles. The third-order valence-corrected chi connectivity index (χ3v) is 6.00. The van der Waals surface area contributed by atoms with Crippen LogP contribution in [-0.4, -0.2) is 44.0 Å². The van der Waals surface area contributed by atoms with E-state index >= 15 is 0 Å². The van der Waals surface area contributed by atoms with Gasteiger partial charge in [0.05, 0.1) is 16.0 Å². The fraction of sp³-hybridized carbons (Fsp3) is 0.278. The van der Waals surface area contributed by atoms with Gasteiger partial charge in [-0.15, -0.1) is 11.3 Å². The quantitative estimate of drug-likeness (QED) is 0.592. The number of fused-ring (bicyclic) bond motifs is 1.